The molecule has 10 heteroatoms. The molecule has 3 aromatic rings. The van der Waals surface area contributed by atoms with E-state index in [9.17, 15) is 19.2 Å². The van der Waals surface area contributed by atoms with E-state index in [0.29, 0.717) is 11.0 Å². The molecule has 158 valence electrons. The highest BCUT2D eigenvalue weighted by atomic mass is 16.5. The lowest BCUT2D eigenvalue weighted by atomic mass is 10.1. The van der Waals surface area contributed by atoms with E-state index in [4.69, 9.17) is 9.47 Å². The zero-order valence-corrected chi connectivity index (χ0v) is 16.7. The summed E-state index contributed by atoms with van der Waals surface area (Å²) in [4.78, 5) is 53.7. The number of aromatic nitrogens is 2. The summed E-state index contributed by atoms with van der Waals surface area (Å²) in [5.41, 5.74) is 1.60. The molecule has 0 radical (unpaired) electrons. The van der Waals surface area contributed by atoms with Gasteiger partial charge in [-0.15, -0.1) is 0 Å². The van der Waals surface area contributed by atoms with Crippen molar-refractivity contribution in [2.45, 2.75) is 12.5 Å². The first-order chi connectivity index (χ1) is 14.9. The predicted molar refractivity (Wildman–Crippen MR) is 110 cm³/mol. The Morgan fingerprint density at radius 3 is 2.35 bits per heavy atom. The van der Waals surface area contributed by atoms with Crippen LogP contribution in [0.25, 0.3) is 11.0 Å². The lowest BCUT2D eigenvalue weighted by Crippen LogP contribution is -2.42. The standard InChI is InChI=1S/C21H18N4O6/c1-30-19(28)11-7-12(20(29)31-2)9-13(8-11)22-18(27)15-10-17(26)25-16-6-4-3-5-14(16)23-21(25)24-15/h3-9,15H,10H2,1-2H3,(H,22,27)(H,23,24)/t15-/m1/s1. The summed E-state index contributed by atoms with van der Waals surface area (Å²) in [5.74, 6) is -1.89. The molecule has 0 bridgehead atoms. The average Bonchev–Trinajstić information content (AvgIpc) is 3.16. The van der Waals surface area contributed by atoms with Gasteiger partial charge in [-0.3, -0.25) is 9.59 Å². The third-order valence-corrected chi connectivity index (χ3v) is 4.85. The Balaban J connectivity index is 1.60. The molecular formula is C21H18N4O6. The van der Waals surface area contributed by atoms with E-state index in [2.05, 4.69) is 15.6 Å². The normalized spacial score (nSPS) is 15.0. The molecule has 0 fully saturated rings. The van der Waals surface area contributed by atoms with Crippen LogP contribution in [0.4, 0.5) is 11.6 Å². The number of imidazole rings is 1. The molecule has 2 aromatic carbocycles. The number of nitrogens with one attached hydrogen (secondary N) is 2. The predicted octanol–water partition coefficient (Wildman–Crippen LogP) is 2.07. The maximum atomic E-state index is 12.8. The van der Waals surface area contributed by atoms with E-state index in [0.717, 1.165) is 0 Å². The monoisotopic (exact) mass is 422 g/mol. The van der Waals surface area contributed by atoms with Crippen LogP contribution in [0.1, 0.15) is 31.9 Å². The molecule has 4 rings (SSSR count). The number of nitrogens with zero attached hydrogens (tertiary/aromatic N) is 2. The van der Waals surface area contributed by atoms with Crippen LogP contribution in [0.15, 0.2) is 42.5 Å². The molecule has 1 aliphatic rings. The molecule has 1 aromatic heterocycles. The molecule has 0 saturated carbocycles. The van der Waals surface area contributed by atoms with E-state index in [1.54, 1.807) is 18.2 Å². The second-order valence-electron chi connectivity index (χ2n) is 6.83. The first kappa shape index (κ1) is 20.1. The highest BCUT2D eigenvalue weighted by Crippen LogP contribution is 2.25. The van der Waals surface area contributed by atoms with Crippen LogP contribution in [-0.4, -0.2) is 53.6 Å². The number of carbonyl (C=O) groups excluding carboxylic acids is 4. The quantitative estimate of drug-likeness (QED) is 0.612. The summed E-state index contributed by atoms with van der Waals surface area (Å²) in [6.45, 7) is 0. The number of anilines is 2. The number of benzene rings is 2. The number of rotatable bonds is 4. The molecule has 0 unspecified atom stereocenters. The molecule has 2 heterocycles. The largest absolute Gasteiger partial charge is 0.465 e. The van der Waals surface area contributed by atoms with Crippen LogP contribution < -0.4 is 10.6 Å². The minimum absolute atomic E-state index is 0.0650. The van der Waals surface area contributed by atoms with Crippen LogP contribution in [0.2, 0.25) is 0 Å². The van der Waals surface area contributed by atoms with Crippen molar-refractivity contribution in [2.75, 3.05) is 24.9 Å². The summed E-state index contributed by atoms with van der Waals surface area (Å²) in [5, 5.41) is 5.60. The molecule has 10 nitrogen and oxygen atoms in total. The van der Waals surface area contributed by atoms with Gasteiger partial charge in [0, 0.05) is 5.69 Å². The number of hydrogen-bond donors (Lipinski definition) is 2. The number of para-hydroxylation sites is 2. The fourth-order valence-corrected chi connectivity index (χ4v) is 3.41. The van der Waals surface area contributed by atoms with Crippen molar-refractivity contribution in [1.29, 1.82) is 0 Å². The topological polar surface area (TPSA) is 129 Å². The van der Waals surface area contributed by atoms with E-state index >= 15 is 0 Å². The SMILES string of the molecule is COC(=O)c1cc(NC(=O)[C@H]2CC(=O)n3c(nc4ccccc43)N2)cc(C(=O)OC)c1. The average molecular weight is 422 g/mol. The summed E-state index contributed by atoms with van der Waals surface area (Å²) in [6, 6.07) is 10.3. The summed E-state index contributed by atoms with van der Waals surface area (Å²) in [7, 11) is 2.41. The van der Waals surface area contributed by atoms with Crippen LogP contribution in [0.3, 0.4) is 0 Å². The lowest BCUT2D eigenvalue weighted by Gasteiger charge is -2.24. The number of carbonyl (C=O) groups is 4. The van der Waals surface area contributed by atoms with Crippen LogP contribution in [-0.2, 0) is 14.3 Å². The summed E-state index contributed by atoms with van der Waals surface area (Å²) >= 11 is 0. The van der Waals surface area contributed by atoms with Gasteiger partial charge in [0.15, 0.2) is 0 Å². The second kappa shape index (κ2) is 7.90. The van der Waals surface area contributed by atoms with Crippen molar-refractivity contribution in [1.82, 2.24) is 9.55 Å². The van der Waals surface area contributed by atoms with Crippen molar-refractivity contribution in [2.24, 2.45) is 0 Å². The first-order valence-corrected chi connectivity index (χ1v) is 9.31. The Kier molecular flexibility index (Phi) is 5.12. The molecule has 2 N–H and O–H groups in total. The fraction of sp³-hybridized carbons (Fsp3) is 0.190. The van der Waals surface area contributed by atoms with Crippen molar-refractivity contribution >= 4 is 46.4 Å². The van der Waals surface area contributed by atoms with Gasteiger partial charge in [0.05, 0.1) is 42.8 Å². The van der Waals surface area contributed by atoms with Gasteiger partial charge in [0.2, 0.25) is 17.8 Å². The van der Waals surface area contributed by atoms with Gasteiger partial charge >= 0.3 is 11.9 Å². The maximum Gasteiger partial charge on any atom is 0.337 e. The molecule has 31 heavy (non-hydrogen) atoms. The van der Waals surface area contributed by atoms with Gasteiger partial charge in [0.25, 0.3) is 0 Å². The maximum absolute atomic E-state index is 12.8. The van der Waals surface area contributed by atoms with Crippen molar-refractivity contribution < 1.29 is 28.7 Å². The third-order valence-electron chi connectivity index (χ3n) is 4.85. The smallest absolute Gasteiger partial charge is 0.337 e. The van der Waals surface area contributed by atoms with Gasteiger partial charge in [-0.25, -0.2) is 19.1 Å². The number of amides is 1. The van der Waals surface area contributed by atoms with Gasteiger partial charge in [0.1, 0.15) is 6.04 Å². The first-order valence-electron chi connectivity index (χ1n) is 9.31. The van der Waals surface area contributed by atoms with Gasteiger partial charge in [-0.1, -0.05) is 12.1 Å². The van der Waals surface area contributed by atoms with Gasteiger partial charge in [-0.05, 0) is 30.3 Å². The highest BCUT2D eigenvalue weighted by Gasteiger charge is 2.32. The third kappa shape index (κ3) is 3.70. The molecule has 0 spiro atoms. The Labute approximate surface area is 176 Å². The zero-order valence-electron chi connectivity index (χ0n) is 16.7. The Morgan fingerprint density at radius 2 is 1.71 bits per heavy atom. The lowest BCUT2D eigenvalue weighted by molar-refractivity contribution is -0.117. The molecule has 1 atom stereocenters. The zero-order chi connectivity index (χ0) is 22.1. The summed E-state index contributed by atoms with van der Waals surface area (Å²) < 4.78 is 10.8. The van der Waals surface area contributed by atoms with Crippen molar-refractivity contribution in [3.05, 3.63) is 53.6 Å². The molecular weight excluding hydrogens is 404 g/mol. The minimum atomic E-state index is -0.889. The van der Waals surface area contributed by atoms with E-state index in [1.165, 1.54) is 37.0 Å². The van der Waals surface area contributed by atoms with Crippen LogP contribution >= 0.6 is 0 Å². The van der Waals surface area contributed by atoms with Gasteiger partial charge < -0.3 is 20.1 Å². The van der Waals surface area contributed by atoms with Gasteiger partial charge in [-0.2, -0.15) is 0 Å². The molecule has 1 aliphatic heterocycles. The Bertz CT molecular complexity index is 1200. The Morgan fingerprint density at radius 1 is 1.06 bits per heavy atom. The number of ether oxygens (including phenoxy) is 2. The van der Waals surface area contributed by atoms with E-state index < -0.39 is 23.9 Å². The number of hydrogen-bond acceptors (Lipinski definition) is 8. The fourth-order valence-electron chi connectivity index (χ4n) is 3.41. The summed E-state index contributed by atoms with van der Waals surface area (Å²) in [6.07, 6.45) is -0.0975. The van der Waals surface area contributed by atoms with Crippen LogP contribution in [0, 0.1) is 0 Å². The van der Waals surface area contributed by atoms with Crippen LogP contribution in [0.5, 0.6) is 0 Å². The minimum Gasteiger partial charge on any atom is -0.465 e. The Hall–Kier alpha value is -4.21. The second-order valence-corrected chi connectivity index (χ2v) is 6.83. The number of fused-ring (bicyclic) bond motifs is 3. The molecule has 0 saturated heterocycles. The van der Waals surface area contributed by atoms with Crippen molar-refractivity contribution in [3.8, 4) is 0 Å². The van der Waals surface area contributed by atoms with E-state index in [1.807, 2.05) is 6.07 Å². The number of methoxy groups -OCH3 is 2. The highest BCUT2D eigenvalue weighted by molar-refractivity contribution is 6.05. The molecule has 0 aliphatic carbocycles. The molecule has 1 amide bonds. The van der Waals surface area contributed by atoms with Crippen molar-refractivity contribution in [3.63, 3.8) is 0 Å². The number of esters is 2. The van der Waals surface area contributed by atoms with E-state index in [-0.39, 0.29) is 35.1 Å².